The molecule has 3 fully saturated rings. The molecule has 1 saturated heterocycles. The van der Waals surface area contributed by atoms with Crippen LogP contribution in [0.2, 0.25) is 0 Å². The van der Waals surface area contributed by atoms with Gasteiger partial charge in [-0.25, -0.2) is 8.42 Å². The predicted molar refractivity (Wildman–Crippen MR) is 65.2 cm³/mol. The molecule has 0 spiro atoms. The van der Waals surface area contributed by atoms with Crippen molar-refractivity contribution < 1.29 is 13.2 Å². The smallest absolute Gasteiger partial charge is 0.150 e. The number of fused-ring (bicyclic) bond motifs is 4. The van der Waals surface area contributed by atoms with Crippen molar-refractivity contribution in [2.75, 3.05) is 31.8 Å². The first kappa shape index (κ1) is 11.9. The summed E-state index contributed by atoms with van der Waals surface area (Å²) in [7, 11) is -1.02. The van der Waals surface area contributed by atoms with Crippen LogP contribution >= 0.6 is 0 Å². The lowest BCUT2D eigenvalue weighted by atomic mass is 9.60. The number of hydrogen-bond acceptors (Lipinski definition) is 4. The molecule has 0 aromatic carbocycles. The standard InChI is InChI=1S/C12H21NO3S/c1-16-7-12(6-13)2-8-9(3-12)11-5-17(14,15)4-10(8)11/h8-11H,2-7,13H2,1H3/t8-,9+,10-,11-,12?/m1/s1. The molecule has 2 saturated carbocycles. The zero-order valence-corrected chi connectivity index (χ0v) is 11.1. The van der Waals surface area contributed by atoms with Crippen LogP contribution in [0.3, 0.4) is 0 Å². The summed E-state index contributed by atoms with van der Waals surface area (Å²) in [4.78, 5) is 0. The molecule has 0 bridgehead atoms. The fourth-order valence-corrected chi connectivity index (χ4v) is 6.91. The number of sulfone groups is 1. The third kappa shape index (κ3) is 1.66. The number of rotatable bonds is 3. The Bertz CT molecular complexity index is 393. The minimum Gasteiger partial charge on any atom is -0.384 e. The van der Waals surface area contributed by atoms with Gasteiger partial charge in [0.05, 0.1) is 18.1 Å². The maximum Gasteiger partial charge on any atom is 0.150 e. The van der Waals surface area contributed by atoms with E-state index in [1.165, 1.54) is 0 Å². The van der Waals surface area contributed by atoms with Crippen LogP contribution in [0.15, 0.2) is 0 Å². The molecule has 5 atom stereocenters. The Labute approximate surface area is 103 Å². The number of methoxy groups -OCH3 is 1. The summed E-state index contributed by atoms with van der Waals surface area (Å²) in [5, 5.41) is 0. The topological polar surface area (TPSA) is 69.4 Å². The van der Waals surface area contributed by atoms with Crippen LogP contribution < -0.4 is 5.73 Å². The first-order valence-corrected chi connectivity index (χ1v) is 8.22. The van der Waals surface area contributed by atoms with E-state index in [0.717, 1.165) is 19.4 Å². The van der Waals surface area contributed by atoms with E-state index in [1.807, 2.05) is 0 Å². The minimum atomic E-state index is -2.74. The van der Waals surface area contributed by atoms with Gasteiger partial charge in [-0.1, -0.05) is 0 Å². The highest BCUT2D eigenvalue weighted by atomic mass is 32.2. The molecule has 98 valence electrons. The summed E-state index contributed by atoms with van der Waals surface area (Å²) in [6.45, 7) is 1.39. The maximum atomic E-state index is 11.6. The number of nitrogens with two attached hydrogens (primary N) is 1. The van der Waals surface area contributed by atoms with E-state index < -0.39 is 9.84 Å². The van der Waals surface area contributed by atoms with E-state index in [0.29, 0.717) is 41.7 Å². The summed E-state index contributed by atoms with van der Waals surface area (Å²) >= 11 is 0. The number of ether oxygens (including phenoxy) is 1. The van der Waals surface area contributed by atoms with Crippen molar-refractivity contribution in [3.8, 4) is 0 Å². The molecule has 0 radical (unpaired) electrons. The highest BCUT2D eigenvalue weighted by Crippen LogP contribution is 2.63. The molecule has 2 aliphatic carbocycles. The Morgan fingerprint density at radius 3 is 2.12 bits per heavy atom. The molecule has 1 unspecified atom stereocenters. The van der Waals surface area contributed by atoms with Gasteiger partial charge < -0.3 is 10.5 Å². The van der Waals surface area contributed by atoms with E-state index in [-0.39, 0.29) is 5.41 Å². The van der Waals surface area contributed by atoms with Crippen LogP contribution in [-0.2, 0) is 14.6 Å². The average Bonchev–Trinajstić information content (AvgIpc) is 2.74. The summed E-state index contributed by atoms with van der Waals surface area (Å²) < 4.78 is 28.6. The third-order valence-electron chi connectivity index (χ3n) is 5.31. The molecule has 4 nitrogen and oxygen atoms in total. The van der Waals surface area contributed by atoms with Gasteiger partial charge in [-0.2, -0.15) is 0 Å². The van der Waals surface area contributed by atoms with Crippen LogP contribution in [0.25, 0.3) is 0 Å². The molecular formula is C12H21NO3S. The lowest BCUT2D eigenvalue weighted by Crippen LogP contribution is -2.42. The predicted octanol–water partition coefficient (Wildman–Crippen LogP) is 0.279. The van der Waals surface area contributed by atoms with E-state index in [2.05, 4.69) is 0 Å². The van der Waals surface area contributed by atoms with Crippen LogP contribution in [0.1, 0.15) is 12.8 Å². The fraction of sp³-hybridized carbons (Fsp3) is 1.00. The van der Waals surface area contributed by atoms with Crippen molar-refractivity contribution in [3.05, 3.63) is 0 Å². The van der Waals surface area contributed by atoms with E-state index in [4.69, 9.17) is 10.5 Å². The fourth-order valence-electron chi connectivity index (χ4n) is 4.61. The second-order valence-corrected chi connectivity index (χ2v) is 8.43. The van der Waals surface area contributed by atoms with Crippen LogP contribution in [0, 0.1) is 29.1 Å². The van der Waals surface area contributed by atoms with E-state index >= 15 is 0 Å². The molecule has 3 aliphatic rings. The van der Waals surface area contributed by atoms with Crippen molar-refractivity contribution >= 4 is 9.84 Å². The summed E-state index contributed by atoms with van der Waals surface area (Å²) in [5.41, 5.74) is 6.04. The second kappa shape index (κ2) is 3.68. The molecule has 2 N–H and O–H groups in total. The van der Waals surface area contributed by atoms with Crippen LogP contribution in [0.4, 0.5) is 0 Å². The molecular weight excluding hydrogens is 238 g/mol. The summed E-state index contributed by atoms with van der Waals surface area (Å²) in [6.07, 6.45) is 2.14. The molecule has 1 heterocycles. The van der Waals surface area contributed by atoms with Crippen molar-refractivity contribution in [2.45, 2.75) is 12.8 Å². The average molecular weight is 259 g/mol. The molecule has 3 rings (SSSR count). The Balaban J connectivity index is 1.76. The third-order valence-corrected chi connectivity index (χ3v) is 7.10. The van der Waals surface area contributed by atoms with Crippen molar-refractivity contribution in [1.82, 2.24) is 0 Å². The van der Waals surface area contributed by atoms with Gasteiger partial charge in [0.15, 0.2) is 9.84 Å². The van der Waals surface area contributed by atoms with Crippen molar-refractivity contribution in [2.24, 2.45) is 34.8 Å². The summed E-state index contributed by atoms with van der Waals surface area (Å²) in [6, 6.07) is 0. The van der Waals surface area contributed by atoms with Gasteiger partial charge in [0.25, 0.3) is 0 Å². The van der Waals surface area contributed by atoms with Gasteiger partial charge in [-0.3, -0.25) is 0 Å². The van der Waals surface area contributed by atoms with Crippen LogP contribution in [0.5, 0.6) is 0 Å². The maximum absolute atomic E-state index is 11.6. The Hall–Kier alpha value is -0.130. The van der Waals surface area contributed by atoms with Crippen LogP contribution in [-0.4, -0.2) is 40.2 Å². The van der Waals surface area contributed by atoms with Gasteiger partial charge in [-0.15, -0.1) is 0 Å². The molecule has 5 heteroatoms. The normalized spacial score (nSPS) is 50.7. The molecule has 17 heavy (non-hydrogen) atoms. The van der Waals surface area contributed by atoms with Crippen molar-refractivity contribution in [3.63, 3.8) is 0 Å². The highest BCUT2D eigenvalue weighted by Gasteiger charge is 2.63. The molecule has 0 amide bonds. The number of hydrogen-bond donors (Lipinski definition) is 1. The molecule has 1 aliphatic heterocycles. The summed E-state index contributed by atoms with van der Waals surface area (Å²) in [5.74, 6) is 2.89. The lowest BCUT2D eigenvalue weighted by molar-refractivity contribution is 0.0462. The first-order valence-electron chi connectivity index (χ1n) is 6.40. The zero-order chi connectivity index (χ0) is 12.3. The van der Waals surface area contributed by atoms with Gasteiger partial charge in [0, 0.05) is 19.1 Å². The Morgan fingerprint density at radius 2 is 1.71 bits per heavy atom. The minimum absolute atomic E-state index is 0.123. The lowest BCUT2D eigenvalue weighted by Gasteiger charge is -2.44. The SMILES string of the molecule is COCC1(CN)C[C@@H]2[C@H](C1)[C@H]1CS(=O)(=O)C[C@H]21. The zero-order valence-electron chi connectivity index (χ0n) is 10.3. The Kier molecular flexibility index (Phi) is 2.58. The van der Waals surface area contributed by atoms with Gasteiger partial charge in [0.1, 0.15) is 0 Å². The first-order chi connectivity index (χ1) is 8.00. The van der Waals surface area contributed by atoms with Gasteiger partial charge in [0.2, 0.25) is 0 Å². The quantitative estimate of drug-likeness (QED) is 0.790. The Morgan fingerprint density at radius 1 is 1.18 bits per heavy atom. The highest BCUT2D eigenvalue weighted by molar-refractivity contribution is 7.91. The second-order valence-electron chi connectivity index (χ2n) is 6.28. The molecule has 0 aromatic rings. The van der Waals surface area contributed by atoms with E-state index in [1.54, 1.807) is 7.11 Å². The monoisotopic (exact) mass is 259 g/mol. The van der Waals surface area contributed by atoms with Gasteiger partial charge >= 0.3 is 0 Å². The van der Waals surface area contributed by atoms with Crippen molar-refractivity contribution in [1.29, 1.82) is 0 Å². The van der Waals surface area contributed by atoms with E-state index in [9.17, 15) is 8.42 Å². The molecule has 0 aromatic heterocycles. The van der Waals surface area contributed by atoms with Gasteiger partial charge in [-0.05, 0) is 36.5 Å². The largest absolute Gasteiger partial charge is 0.384 e.